The molecule has 0 aliphatic heterocycles. The summed E-state index contributed by atoms with van der Waals surface area (Å²) in [5, 5.41) is 7.45. The van der Waals surface area contributed by atoms with Crippen molar-refractivity contribution in [3.63, 3.8) is 0 Å². The van der Waals surface area contributed by atoms with E-state index in [-0.39, 0.29) is 17.9 Å². The normalized spacial score (nSPS) is 14.3. The third kappa shape index (κ3) is 2.90. The Morgan fingerprint density at radius 2 is 2.11 bits per heavy atom. The second-order valence-corrected chi connectivity index (χ2v) is 4.81. The molecule has 0 aromatic carbocycles. The van der Waals surface area contributed by atoms with Gasteiger partial charge in [-0.2, -0.15) is 5.10 Å². The van der Waals surface area contributed by atoms with Gasteiger partial charge in [0.1, 0.15) is 0 Å². The molecular formula is C13H24N4O. The van der Waals surface area contributed by atoms with E-state index in [2.05, 4.69) is 17.3 Å². The van der Waals surface area contributed by atoms with Crippen LogP contribution in [-0.4, -0.2) is 22.2 Å². The minimum atomic E-state index is -0.156. The van der Waals surface area contributed by atoms with Crippen LogP contribution < -0.4 is 11.1 Å². The van der Waals surface area contributed by atoms with Gasteiger partial charge in [0.05, 0.1) is 11.7 Å². The molecule has 1 heterocycles. The number of aromatic nitrogens is 2. The van der Waals surface area contributed by atoms with E-state index in [0.717, 1.165) is 23.4 Å². The maximum atomic E-state index is 11.9. The van der Waals surface area contributed by atoms with Crippen LogP contribution in [0.3, 0.4) is 0 Å². The predicted octanol–water partition coefficient (Wildman–Crippen LogP) is 1.20. The molecule has 0 saturated carbocycles. The van der Waals surface area contributed by atoms with Gasteiger partial charge in [-0.1, -0.05) is 13.8 Å². The van der Waals surface area contributed by atoms with Crippen LogP contribution in [0.15, 0.2) is 0 Å². The Morgan fingerprint density at radius 1 is 1.50 bits per heavy atom. The first-order valence-corrected chi connectivity index (χ1v) is 6.42. The van der Waals surface area contributed by atoms with Gasteiger partial charge in [-0.15, -0.1) is 0 Å². The SMILES string of the molecule is CCC(NC(=O)C(C)CN)c1c(C)nn(C)c1C. The number of carbonyl (C=O) groups excluding carboxylic acids is 1. The van der Waals surface area contributed by atoms with Gasteiger partial charge in [0.2, 0.25) is 5.91 Å². The zero-order valence-electron chi connectivity index (χ0n) is 11.9. The van der Waals surface area contributed by atoms with Crippen LogP contribution in [0.4, 0.5) is 0 Å². The summed E-state index contributed by atoms with van der Waals surface area (Å²) in [6.45, 7) is 8.27. The third-order valence-corrected chi connectivity index (χ3v) is 3.44. The van der Waals surface area contributed by atoms with Crippen LogP contribution in [0.5, 0.6) is 0 Å². The Hall–Kier alpha value is -1.36. The minimum Gasteiger partial charge on any atom is -0.349 e. The molecule has 0 spiro atoms. The molecule has 2 atom stereocenters. The van der Waals surface area contributed by atoms with Crippen molar-refractivity contribution in [1.29, 1.82) is 0 Å². The van der Waals surface area contributed by atoms with E-state index in [4.69, 9.17) is 5.73 Å². The fraction of sp³-hybridized carbons (Fsp3) is 0.692. The fourth-order valence-electron chi connectivity index (χ4n) is 2.09. The summed E-state index contributed by atoms with van der Waals surface area (Å²) in [6, 6.07) is 0.0141. The molecular weight excluding hydrogens is 228 g/mol. The molecule has 1 rings (SSSR count). The predicted molar refractivity (Wildman–Crippen MR) is 72.1 cm³/mol. The van der Waals surface area contributed by atoms with Crippen molar-refractivity contribution in [2.75, 3.05) is 6.54 Å². The monoisotopic (exact) mass is 252 g/mol. The van der Waals surface area contributed by atoms with Crippen molar-refractivity contribution in [3.8, 4) is 0 Å². The van der Waals surface area contributed by atoms with Crippen LogP contribution in [-0.2, 0) is 11.8 Å². The third-order valence-electron chi connectivity index (χ3n) is 3.44. The Labute approximate surface area is 109 Å². The number of amides is 1. The van der Waals surface area contributed by atoms with Gasteiger partial charge in [0.15, 0.2) is 0 Å². The lowest BCUT2D eigenvalue weighted by atomic mass is 10.0. The van der Waals surface area contributed by atoms with Gasteiger partial charge in [-0.3, -0.25) is 9.48 Å². The first kappa shape index (κ1) is 14.7. The summed E-state index contributed by atoms with van der Waals surface area (Å²) in [5.74, 6) is -0.150. The molecule has 0 aliphatic rings. The number of hydrogen-bond acceptors (Lipinski definition) is 3. The molecule has 1 amide bonds. The maximum absolute atomic E-state index is 11.9. The van der Waals surface area contributed by atoms with Crippen molar-refractivity contribution < 1.29 is 4.79 Å². The van der Waals surface area contributed by atoms with Crippen molar-refractivity contribution in [3.05, 3.63) is 17.0 Å². The molecule has 18 heavy (non-hydrogen) atoms. The highest BCUT2D eigenvalue weighted by molar-refractivity contribution is 5.79. The quantitative estimate of drug-likeness (QED) is 0.827. The average Bonchev–Trinajstić information content (AvgIpc) is 2.59. The summed E-state index contributed by atoms with van der Waals surface area (Å²) >= 11 is 0. The highest BCUT2D eigenvalue weighted by Gasteiger charge is 2.22. The lowest BCUT2D eigenvalue weighted by Crippen LogP contribution is -2.36. The van der Waals surface area contributed by atoms with Crippen LogP contribution in [0.2, 0.25) is 0 Å². The molecule has 5 nitrogen and oxygen atoms in total. The molecule has 0 fully saturated rings. The molecule has 0 bridgehead atoms. The Balaban J connectivity index is 2.93. The van der Waals surface area contributed by atoms with Gasteiger partial charge in [0.25, 0.3) is 0 Å². The maximum Gasteiger partial charge on any atom is 0.224 e. The summed E-state index contributed by atoms with van der Waals surface area (Å²) < 4.78 is 1.85. The first-order valence-electron chi connectivity index (χ1n) is 6.42. The number of hydrogen-bond donors (Lipinski definition) is 2. The van der Waals surface area contributed by atoms with Crippen LogP contribution >= 0.6 is 0 Å². The van der Waals surface area contributed by atoms with Crippen molar-refractivity contribution in [2.45, 2.75) is 40.2 Å². The second-order valence-electron chi connectivity index (χ2n) is 4.81. The van der Waals surface area contributed by atoms with Gasteiger partial charge < -0.3 is 11.1 Å². The van der Waals surface area contributed by atoms with Crippen LogP contribution in [0.25, 0.3) is 0 Å². The lowest BCUT2D eigenvalue weighted by Gasteiger charge is -2.20. The largest absolute Gasteiger partial charge is 0.349 e. The van der Waals surface area contributed by atoms with E-state index in [1.165, 1.54) is 0 Å². The summed E-state index contributed by atoms with van der Waals surface area (Å²) in [7, 11) is 1.92. The first-order chi connectivity index (χ1) is 8.42. The van der Waals surface area contributed by atoms with E-state index in [1.54, 1.807) is 0 Å². The number of aryl methyl sites for hydroxylation is 2. The molecule has 3 N–H and O–H groups in total. The Bertz CT molecular complexity index is 425. The smallest absolute Gasteiger partial charge is 0.224 e. The van der Waals surface area contributed by atoms with Crippen molar-refractivity contribution in [2.24, 2.45) is 18.7 Å². The second kappa shape index (κ2) is 6.00. The number of rotatable bonds is 5. The lowest BCUT2D eigenvalue weighted by molar-refractivity contribution is -0.125. The molecule has 0 saturated heterocycles. The molecule has 1 aromatic heterocycles. The van der Waals surface area contributed by atoms with Crippen molar-refractivity contribution in [1.82, 2.24) is 15.1 Å². The number of nitrogens with two attached hydrogens (primary N) is 1. The van der Waals surface area contributed by atoms with E-state index >= 15 is 0 Å². The summed E-state index contributed by atoms with van der Waals surface area (Å²) in [5.41, 5.74) is 8.71. The molecule has 2 unspecified atom stereocenters. The number of nitrogens with zero attached hydrogens (tertiary/aromatic N) is 2. The van der Waals surface area contributed by atoms with Crippen LogP contribution in [0.1, 0.15) is 43.3 Å². The zero-order valence-corrected chi connectivity index (χ0v) is 11.9. The van der Waals surface area contributed by atoms with Gasteiger partial charge in [0, 0.05) is 30.8 Å². The van der Waals surface area contributed by atoms with Gasteiger partial charge >= 0.3 is 0 Å². The Kier molecular flexibility index (Phi) is 4.90. The molecule has 5 heteroatoms. The van der Waals surface area contributed by atoms with E-state index in [0.29, 0.717) is 6.54 Å². The number of carbonyl (C=O) groups is 1. The van der Waals surface area contributed by atoms with E-state index in [1.807, 2.05) is 32.5 Å². The van der Waals surface area contributed by atoms with Gasteiger partial charge in [-0.05, 0) is 20.3 Å². The van der Waals surface area contributed by atoms with E-state index < -0.39 is 0 Å². The van der Waals surface area contributed by atoms with Crippen molar-refractivity contribution >= 4 is 5.91 Å². The van der Waals surface area contributed by atoms with Crippen LogP contribution in [0, 0.1) is 19.8 Å². The molecule has 0 aliphatic carbocycles. The fourth-order valence-corrected chi connectivity index (χ4v) is 2.09. The van der Waals surface area contributed by atoms with Gasteiger partial charge in [-0.25, -0.2) is 0 Å². The van der Waals surface area contributed by atoms with E-state index in [9.17, 15) is 4.79 Å². The summed E-state index contributed by atoms with van der Waals surface area (Å²) in [4.78, 5) is 11.9. The average molecular weight is 252 g/mol. The number of nitrogens with one attached hydrogen (secondary N) is 1. The zero-order chi connectivity index (χ0) is 13.9. The molecule has 0 radical (unpaired) electrons. The topological polar surface area (TPSA) is 72.9 Å². The summed E-state index contributed by atoms with van der Waals surface area (Å²) in [6.07, 6.45) is 0.844. The Morgan fingerprint density at radius 3 is 2.50 bits per heavy atom. The molecule has 102 valence electrons. The standard InChI is InChI=1S/C13H24N4O/c1-6-11(15-13(18)8(2)7-14)12-9(3)16-17(5)10(12)4/h8,11H,6-7,14H2,1-5H3,(H,15,18). The highest BCUT2D eigenvalue weighted by atomic mass is 16.1. The molecule has 1 aromatic rings. The highest BCUT2D eigenvalue weighted by Crippen LogP contribution is 2.23. The minimum absolute atomic E-state index is 0.00648.